The molecule has 2 aromatic heterocycles. The minimum absolute atomic E-state index is 0.0841. The van der Waals surface area contributed by atoms with Gasteiger partial charge >= 0.3 is 0 Å². The second kappa shape index (κ2) is 6.20. The number of fused-ring (bicyclic) bond motifs is 1. The Bertz CT molecular complexity index is 649. The number of thiophene rings is 1. The molecule has 21 heavy (non-hydrogen) atoms. The topological polar surface area (TPSA) is 46.9 Å². The fourth-order valence-corrected chi connectivity index (χ4v) is 4.16. The fourth-order valence-electron chi connectivity index (χ4n) is 2.78. The van der Waals surface area contributed by atoms with Crippen molar-refractivity contribution in [2.45, 2.75) is 38.1 Å². The van der Waals surface area contributed by atoms with Gasteiger partial charge < -0.3 is 5.32 Å². The first-order chi connectivity index (χ1) is 10.1. The van der Waals surface area contributed by atoms with E-state index in [1.165, 1.54) is 10.4 Å². The highest BCUT2D eigenvalue weighted by Gasteiger charge is 2.24. The maximum Gasteiger partial charge on any atom is 0.220 e. The van der Waals surface area contributed by atoms with Crippen molar-refractivity contribution in [3.05, 3.63) is 38.8 Å². The van der Waals surface area contributed by atoms with Crippen LogP contribution >= 0.6 is 22.9 Å². The third-order valence-electron chi connectivity index (χ3n) is 3.80. The number of amides is 1. The van der Waals surface area contributed by atoms with E-state index in [-0.39, 0.29) is 11.9 Å². The second-order valence-corrected chi connectivity index (χ2v) is 7.19. The van der Waals surface area contributed by atoms with Crippen LogP contribution in [-0.4, -0.2) is 15.7 Å². The summed E-state index contributed by atoms with van der Waals surface area (Å²) < 4.78 is 2.57. The number of halogens is 1. The van der Waals surface area contributed by atoms with E-state index in [0.29, 0.717) is 12.8 Å². The third kappa shape index (κ3) is 3.47. The maximum atomic E-state index is 12.1. The SMILES string of the molecule is Cn1ccc(CCC(=O)NC2CCCc3sc(Cl)cc32)n1. The molecule has 2 heterocycles. The molecule has 0 radical (unpaired) electrons. The van der Waals surface area contributed by atoms with Gasteiger partial charge in [-0.2, -0.15) is 5.10 Å². The zero-order valence-corrected chi connectivity index (χ0v) is 13.5. The first-order valence-electron chi connectivity index (χ1n) is 7.18. The lowest BCUT2D eigenvalue weighted by Crippen LogP contribution is -2.30. The van der Waals surface area contributed by atoms with Crippen LogP contribution in [0.1, 0.15) is 41.4 Å². The number of rotatable bonds is 4. The minimum Gasteiger partial charge on any atom is -0.349 e. The van der Waals surface area contributed by atoms with Crippen LogP contribution in [0.15, 0.2) is 18.3 Å². The van der Waals surface area contributed by atoms with E-state index < -0.39 is 0 Å². The lowest BCUT2D eigenvalue weighted by Gasteiger charge is -2.23. The van der Waals surface area contributed by atoms with Crippen molar-refractivity contribution in [1.29, 1.82) is 0 Å². The van der Waals surface area contributed by atoms with Gasteiger partial charge in [0.15, 0.2) is 0 Å². The summed E-state index contributed by atoms with van der Waals surface area (Å²) in [5, 5.41) is 7.43. The molecule has 1 N–H and O–H groups in total. The summed E-state index contributed by atoms with van der Waals surface area (Å²) in [6.45, 7) is 0. The first kappa shape index (κ1) is 14.6. The van der Waals surface area contributed by atoms with Crippen molar-refractivity contribution in [3.63, 3.8) is 0 Å². The molecular weight excluding hydrogens is 306 g/mol. The van der Waals surface area contributed by atoms with E-state index in [1.54, 1.807) is 16.0 Å². The number of nitrogens with zero attached hydrogens (tertiary/aromatic N) is 2. The number of aryl methyl sites for hydroxylation is 3. The van der Waals surface area contributed by atoms with E-state index in [4.69, 9.17) is 11.6 Å². The van der Waals surface area contributed by atoms with Crippen LogP contribution in [0, 0.1) is 0 Å². The number of hydrogen-bond acceptors (Lipinski definition) is 3. The Morgan fingerprint density at radius 3 is 3.24 bits per heavy atom. The molecule has 0 saturated carbocycles. The van der Waals surface area contributed by atoms with Gasteiger partial charge in [0, 0.05) is 31.0 Å². The van der Waals surface area contributed by atoms with Crippen LogP contribution < -0.4 is 5.32 Å². The molecule has 0 spiro atoms. The largest absolute Gasteiger partial charge is 0.349 e. The van der Waals surface area contributed by atoms with Gasteiger partial charge in [-0.15, -0.1) is 11.3 Å². The quantitative estimate of drug-likeness (QED) is 0.938. The normalized spacial score (nSPS) is 17.5. The van der Waals surface area contributed by atoms with Gasteiger partial charge in [0.25, 0.3) is 0 Å². The highest BCUT2D eigenvalue weighted by Crippen LogP contribution is 2.37. The summed E-state index contributed by atoms with van der Waals surface area (Å²) in [5.74, 6) is 0.0841. The zero-order valence-electron chi connectivity index (χ0n) is 11.9. The molecule has 3 rings (SSSR count). The van der Waals surface area contributed by atoms with Crippen molar-refractivity contribution in [2.75, 3.05) is 0 Å². The summed E-state index contributed by atoms with van der Waals surface area (Å²) in [4.78, 5) is 13.5. The molecule has 4 nitrogen and oxygen atoms in total. The monoisotopic (exact) mass is 323 g/mol. The average molecular weight is 324 g/mol. The Labute approximate surface area is 133 Å². The van der Waals surface area contributed by atoms with Gasteiger partial charge in [0.1, 0.15) is 0 Å². The van der Waals surface area contributed by atoms with E-state index in [1.807, 2.05) is 25.4 Å². The first-order valence-corrected chi connectivity index (χ1v) is 8.37. The number of nitrogens with one attached hydrogen (secondary N) is 1. The molecule has 1 aliphatic carbocycles. The summed E-state index contributed by atoms with van der Waals surface area (Å²) in [6, 6.07) is 4.07. The van der Waals surface area contributed by atoms with Crippen molar-refractivity contribution >= 4 is 28.8 Å². The smallest absolute Gasteiger partial charge is 0.220 e. The molecule has 0 saturated heterocycles. The van der Waals surface area contributed by atoms with Gasteiger partial charge in [0.2, 0.25) is 5.91 Å². The van der Waals surface area contributed by atoms with E-state index >= 15 is 0 Å². The van der Waals surface area contributed by atoms with Crippen LogP contribution in [0.25, 0.3) is 0 Å². The highest BCUT2D eigenvalue weighted by molar-refractivity contribution is 7.16. The van der Waals surface area contributed by atoms with Crippen molar-refractivity contribution in [3.8, 4) is 0 Å². The minimum atomic E-state index is 0.0841. The van der Waals surface area contributed by atoms with Gasteiger partial charge in [-0.3, -0.25) is 9.48 Å². The van der Waals surface area contributed by atoms with E-state index in [0.717, 1.165) is 29.3 Å². The van der Waals surface area contributed by atoms with E-state index in [2.05, 4.69) is 10.4 Å². The molecule has 1 atom stereocenters. The second-order valence-electron chi connectivity index (χ2n) is 5.42. The van der Waals surface area contributed by atoms with Gasteiger partial charge in [-0.25, -0.2) is 0 Å². The molecular formula is C15H18ClN3OS. The molecule has 1 aliphatic rings. The highest BCUT2D eigenvalue weighted by atomic mass is 35.5. The van der Waals surface area contributed by atoms with Crippen LogP contribution in [-0.2, 0) is 24.7 Å². The molecule has 0 fully saturated rings. The Balaban J connectivity index is 1.58. The molecule has 1 amide bonds. The maximum absolute atomic E-state index is 12.1. The van der Waals surface area contributed by atoms with Crippen LogP contribution in [0.3, 0.4) is 0 Å². The Morgan fingerprint density at radius 1 is 1.62 bits per heavy atom. The molecule has 6 heteroatoms. The molecule has 112 valence electrons. The lowest BCUT2D eigenvalue weighted by atomic mass is 9.94. The number of carbonyl (C=O) groups excluding carboxylic acids is 1. The van der Waals surface area contributed by atoms with Crippen molar-refractivity contribution in [2.24, 2.45) is 7.05 Å². The third-order valence-corrected chi connectivity index (χ3v) is 5.14. The fraction of sp³-hybridized carbons (Fsp3) is 0.467. The predicted molar refractivity (Wildman–Crippen MR) is 84.7 cm³/mol. The Hall–Kier alpha value is -1.33. The number of aromatic nitrogens is 2. The summed E-state index contributed by atoms with van der Waals surface area (Å²) in [7, 11) is 1.88. The van der Waals surface area contributed by atoms with Gasteiger partial charge in [-0.05, 0) is 37.0 Å². The van der Waals surface area contributed by atoms with Crippen LogP contribution in [0.4, 0.5) is 0 Å². The number of carbonyl (C=O) groups is 1. The molecule has 0 aliphatic heterocycles. The summed E-state index contributed by atoms with van der Waals surface area (Å²) in [5.41, 5.74) is 2.16. The number of hydrogen-bond donors (Lipinski definition) is 1. The standard InChI is InChI=1S/C15H18ClN3OS/c1-19-8-7-10(18-19)5-6-15(20)17-12-3-2-4-13-11(12)9-14(16)21-13/h7-9,12H,2-6H2,1H3,(H,17,20). The molecule has 1 unspecified atom stereocenters. The van der Waals surface area contributed by atoms with Gasteiger partial charge in [-0.1, -0.05) is 11.6 Å². The average Bonchev–Trinajstić information content (AvgIpc) is 3.02. The summed E-state index contributed by atoms with van der Waals surface area (Å²) in [6.07, 6.45) is 6.23. The Kier molecular flexibility index (Phi) is 4.31. The summed E-state index contributed by atoms with van der Waals surface area (Å²) >= 11 is 7.73. The molecule has 2 aromatic rings. The lowest BCUT2D eigenvalue weighted by molar-refractivity contribution is -0.121. The van der Waals surface area contributed by atoms with E-state index in [9.17, 15) is 4.79 Å². The predicted octanol–water partition coefficient (Wildman–Crippen LogP) is 3.26. The van der Waals surface area contributed by atoms with Crippen molar-refractivity contribution < 1.29 is 4.79 Å². The zero-order chi connectivity index (χ0) is 14.8. The van der Waals surface area contributed by atoms with Gasteiger partial charge in [0.05, 0.1) is 16.1 Å². The Morgan fingerprint density at radius 2 is 2.48 bits per heavy atom. The van der Waals surface area contributed by atoms with Crippen LogP contribution in [0.2, 0.25) is 4.34 Å². The molecule has 0 aromatic carbocycles. The van der Waals surface area contributed by atoms with Crippen molar-refractivity contribution in [1.82, 2.24) is 15.1 Å². The van der Waals surface area contributed by atoms with Crippen LogP contribution in [0.5, 0.6) is 0 Å². The molecule has 0 bridgehead atoms.